The first kappa shape index (κ1) is 16.2. The second-order valence-corrected chi connectivity index (χ2v) is 4.90. The quantitative estimate of drug-likeness (QED) is 0.727. The number of ether oxygens (including phenoxy) is 1. The Balaban J connectivity index is 2.02. The SMILES string of the molecule is O=C(O)CC1CCN(CCCOCC(F)(F)F)CC1. The first-order valence-electron chi connectivity index (χ1n) is 6.45. The van der Waals surface area contributed by atoms with E-state index in [4.69, 9.17) is 5.11 Å². The van der Waals surface area contributed by atoms with Crippen molar-refractivity contribution in [2.75, 3.05) is 32.8 Å². The third-order valence-corrected chi connectivity index (χ3v) is 3.20. The minimum Gasteiger partial charge on any atom is -0.481 e. The number of halogens is 3. The van der Waals surface area contributed by atoms with Gasteiger partial charge in [0.2, 0.25) is 0 Å². The van der Waals surface area contributed by atoms with Gasteiger partial charge in [-0.15, -0.1) is 0 Å². The van der Waals surface area contributed by atoms with Crippen molar-refractivity contribution in [2.24, 2.45) is 5.92 Å². The van der Waals surface area contributed by atoms with Crippen LogP contribution in [0.2, 0.25) is 0 Å². The van der Waals surface area contributed by atoms with E-state index in [-0.39, 0.29) is 18.9 Å². The van der Waals surface area contributed by atoms with E-state index in [1.54, 1.807) is 0 Å². The molecule has 1 rings (SSSR count). The molecule has 1 N–H and O–H groups in total. The molecule has 0 spiro atoms. The van der Waals surface area contributed by atoms with Gasteiger partial charge in [0.05, 0.1) is 0 Å². The predicted molar refractivity (Wildman–Crippen MR) is 62.9 cm³/mol. The summed E-state index contributed by atoms with van der Waals surface area (Å²) >= 11 is 0. The fourth-order valence-electron chi connectivity index (χ4n) is 2.24. The third kappa shape index (κ3) is 8.05. The van der Waals surface area contributed by atoms with E-state index in [9.17, 15) is 18.0 Å². The molecular weight excluding hydrogens is 263 g/mol. The van der Waals surface area contributed by atoms with Crippen molar-refractivity contribution in [3.63, 3.8) is 0 Å². The van der Waals surface area contributed by atoms with Crippen LogP contribution in [0.3, 0.4) is 0 Å². The lowest BCUT2D eigenvalue weighted by molar-refractivity contribution is -0.174. The number of hydrogen-bond acceptors (Lipinski definition) is 3. The lowest BCUT2D eigenvalue weighted by atomic mass is 9.93. The summed E-state index contributed by atoms with van der Waals surface area (Å²) in [7, 11) is 0. The molecule has 1 aliphatic heterocycles. The smallest absolute Gasteiger partial charge is 0.411 e. The van der Waals surface area contributed by atoms with E-state index in [0.717, 1.165) is 25.9 Å². The molecule has 0 radical (unpaired) electrons. The number of carbonyl (C=O) groups is 1. The molecule has 7 heteroatoms. The van der Waals surface area contributed by atoms with Crippen molar-refractivity contribution >= 4 is 5.97 Å². The van der Waals surface area contributed by atoms with Gasteiger partial charge in [-0.2, -0.15) is 13.2 Å². The van der Waals surface area contributed by atoms with Crippen LogP contribution in [0.5, 0.6) is 0 Å². The Bertz CT molecular complexity index is 276. The summed E-state index contributed by atoms with van der Waals surface area (Å²) in [4.78, 5) is 12.7. The van der Waals surface area contributed by atoms with Gasteiger partial charge in [-0.1, -0.05) is 0 Å². The normalized spacial score (nSPS) is 18.7. The largest absolute Gasteiger partial charge is 0.481 e. The summed E-state index contributed by atoms with van der Waals surface area (Å²) in [5.74, 6) is -0.533. The Hall–Kier alpha value is -0.820. The van der Waals surface area contributed by atoms with Gasteiger partial charge in [0, 0.05) is 19.6 Å². The lowest BCUT2D eigenvalue weighted by Gasteiger charge is -2.31. The molecule has 0 amide bonds. The maximum Gasteiger partial charge on any atom is 0.411 e. The average molecular weight is 283 g/mol. The van der Waals surface area contributed by atoms with Gasteiger partial charge in [-0.3, -0.25) is 4.79 Å². The van der Waals surface area contributed by atoms with Crippen LogP contribution in [0.15, 0.2) is 0 Å². The van der Waals surface area contributed by atoms with Crippen molar-refractivity contribution < 1.29 is 27.8 Å². The molecule has 0 bridgehead atoms. The van der Waals surface area contributed by atoms with E-state index in [0.29, 0.717) is 13.0 Å². The zero-order chi connectivity index (χ0) is 14.3. The number of alkyl halides is 3. The highest BCUT2D eigenvalue weighted by molar-refractivity contribution is 5.67. The number of rotatable bonds is 7. The van der Waals surface area contributed by atoms with E-state index in [1.807, 2.05) is 0 Å². The maximum absolute atomic E-state index is 11.8. The van der Waals surface area contributed by atoms with Crippen molar-refractivity contribution in [1.29, 1.82) is 0 Å². The highest BCUT2D eigenvalue weighted by Gasteiger charge is 2.27. The van der Waals surface area contributed by atoms with Crippen molar-refractivity contribution in [3.05, 3.63) is 0 Å². The number of carboxylic acids is 1. The van der Waals surface area contributed by atoms with E-state index >= 15 is 0 Å². The van der Waals surface area contributed by atoms with Crippen LogP contribution >= 0.6 is 0 Å². The molecule has 0 unspecified atom stereocenters. The number of carboxylic acid groups (broad SMARTS) is 1. The Kier molecular flexibility index (Phi) is 6.57. The van der Waals surface area contributed by atoms with Crippen LogP contribution in [-0.2, 0) is 9.53 Å². The minimum absolute atomic E-state index is 0.106. The number of nitrogens with zero attached hydrogens (tertiary/aromatic N) is 1. The van der Waals surface area contributed by atoms with Crippen LogP contribution in [0.25, 0.3) is 0 Å². The Labute approximate surface area is 110 Å². The molecule has 1 aliphatic rings. The highest BCUT2D eigenvalue weighted by Crippen LogP contribution is 2.20. The first-order chi connectivity index (χ1) is 8.87. The predicted octanol–water partition coefficient (Wildman–Crippen LogP) is 2.14. The molecule has 19 heavy (non-hydrogen) atoms. The summed E-state index contributed by atoms with van der Waals surface area (Å²) in [6.07, 6.45) is -1.79. The molecule has 0 aliphatic carbocycles. The van der Waals surface area contributed by atoms with E-state index < -0.39 is 18.8 Å². The zero-order valence-electron chi connectivity index (χ0n) is 10.8. The summed E-state index contributed by atoms with van der Waals surface area (Å²) in [5, 5.41) is 8.68. The first-order valence-corrected chi connectivity index (χ1v) is 6.45. The molecule has 112 valence electrons. The molecule has 1 saturated heterocycles. The van der Waals surface area contributed by atoms with Crippen molar-refractivity contribution in [1.82, 2.24) is 4.90 Å². The van der Waals surface area contributed by atoms with Gasteiger partial charge in [-0.05, 0) is 38.3 Å². The van der Waals surface area contributed by atoms with Gasteiger partial charge in [0.25, 0.3) is 0 Å². The standard InChI is InChI=1S/C12H20F3NO3/c13-12(14,15)9-19-7-1-4-16-5-2-10(3-6-16)8-11(17)18/h10H,1-9H2,(H,17,18). The van der Waals surface area contributed by atoms with Crippen LogP contribution in [0.4, 0.5) is 13.2 Å². The lowest BCUT2D eigenvalue weighted by Crippen LogP contribution is -2.35. The molecule has 0 aromatic heterocycles. The van der Waals surface area contributed by atoms with Gasteiger partial charge >= 0.3 is 12.1 Å². The number of piperidine rings is 1. The Morgan fingerprint density at radius 2 is 1.95 bits per heavy atom. The van der Waals surface area contributed by atoms with Crippen LogP contribution in [0.1, 0.15) is 25.7 Å². The van der Waals surface area contributed by atoms with Crippen LogP contribution < -0.4 is 0 Å². The van der Waals surface area contributed by atoms with E-state index in [1.165, 1.54) is 0 Å². The topological polar surface area (TPSA) is 49.8 Å². The monoisotopic (exact) mass is 283 g/mol. The minimum atomic E-state index is -4.25. The van der Waals surface area contributed by atoms with Gasteiger partial charge < -0.3 is 14.7 Å². The summed E-state index contributed by atoms with van der Waals surface area (Å²) in [6.45, 7) is 1.26. The summed E-state index contributed by atoms with van der Waals surface area (Å²) in [5.41, 5.74) is 0. The molecule has 0 aromatic carbocycles. The zero-order valence-corrected chi connectivity index (χ0v) is 10.8. The molecule has 1 heterocycles. The average Bonchev–Trinajstić information content (AvgIpc) is 2.28. The fraction of sp³-hybridized carbons (Fsp3) is 0.917. The van der Waals surface area contributed by atoms with Crippen molar-refractivity contribution in [3.8, 4) is 0 Å². The Morgan fingerprint density at radius 3 is 2.47 bits per heavy atom. The van der Waals surface area contributed by atoms with E-state index in [2.05, 4.69) is 9.64 Å². The summed E-state index contributed by atoms with van der Waals surface area (Å²) < 4.78 is 39.9. The number of aliphatic carboxylic acids is 1. The highest BCUT2D eigenvalue weighted by atomic mass is 19.4. The van der Waals surface area contributed by atoms with Gasteiger partial charge in [0.1, 0.15) is 6.61 Å². The second-order valence-electron chi connectivity index (χ2n) is 4.90. The van der Waals surface area contributed by atoms with Gasteiger partial charge in [0.15, 0.2) is 0 Å². The third-order valence-electron chi connectivity index (χ3n) is 3.20. The molecular formula is C12H20F3NO3. The maximum atomic E-state index is 11.8. The van der Waals surface area contributed by atoms with Crippen LogP contribution in [-0.4, -0.2) is 55.0 Å². The number of likely N-dealkylation sites (tertiary alicyclic amines) is 1. The molecule has 0 saturated carbocycles. The molecule has 4 nitrogen and oxygen atoms in total. The van der Waals surface area contributed by atoms with Gasteiger partial charge in [-0.25, -0.2) is 0 Å². The molecule has 0 aromatic rings. The fourth-order valence-corrected chi connectivity index (χ4v) is 2.24. The molecule has 0 atom stereocenters. The Morgan fingerprint density at radius 1 is 1.32 bits per heavy atom. The summed E-state index contributed by atoms with van der Waals surface area (Å²) in [6, 6.07) is 0. The van der Waals surface area contributed by atoms with Crippen LogP contribution in [0, 0.1) is 5.92 Å². The number of hydrogen-bond donors (Lipinski definition) is 1. The second kappa shape index (κ2) is 7.69. The molecule has 1 fully saturated rings. The van der Waals surface area contributed by atoms with Crippen molar-refractivity contribution in [2.45, 2.75) is 31.9 Å².